The molecule has 0 bridgehead atoms. The molecule has 2 heterocycles. The number of anilines is 1. The van der Waals surface area contributed by atoms with E-state index in [2.05, 4.69) is 0 Å². The van der Waals surface area contributed by atoms with Crippen LogP contribution in [0.1, 0.15) is 27.9 Å². The standard InChI is InChI=1S/C29H26N2O5/c1-35-26-13-12-20(16-27(26)36-2)19-31-24-11-4-3-10-23(24)29(34,28(31)33)18-25(32)21-8-7-9-22(17-21)30-14-5-6-15-30/h3-17,34H,18-19H2,1-2H3/t29-/m0/s1. The van der Waals surface area contributed by atoms with E-state index in [9.17, 15) is 14.7 Å². The number of ether oxygens (including phenoxy) is 2. The van der Waals surface area contributed by atoms with Crippen LogP contribution >= 0.6 is 0 Å². The van der Waals surface area contributed by atoms with Crippen LogP contribution in [0.2, 0.25) is 0 Å². The number of hydrogen-bond donors (Lipinski definition) is 1. The Morgan fingerprint density at radius 1 is 0.889 bits per heavy atom. The van der Waals surface area contributed by atoms with Crippen LogP contribution in [0.15, 0.2) is 91.3 Å². The molecule has 0 unspecified atom stereocenters. The molecule has 182 valence electrons. The average Bonchev–Trinajstić information content (AvgIpc) is 3.52. The zero-order valence-corrected chi connectivity index (χ0v) is 20.0. The minimum absolute atomic E-state index is 0.204. The molecule has 0 aliphatic carbocycles. The van der Waals surface area contributed by atoms with Gasteiger partial charge in [-0.15, -0.1) is 0 Å². The fourth-order valence-electron chi connectivity index (χ4n) is 4.68. The number of amides is 1. The molecular formula is C29H26N2O5. The van der Waals surface area contributed by atoms with Crippen LogP contribution in [0.4, 0.5) is 5.69 Å². The first kappa shape index (κ1) is 23.4. The molecule has 0 saturated heterocycles. The van der Waals surface area contributed by atoms with Crippen molar-refractivity contribution in [3.8, 4) is 17.2 Å². The fourth-order valence-corrected chi connectivity index (χ4v) is 4.68. The van der Waals surface area contributed by atoms with Crippen LogP contribution in [0.3, 0.4) is 0 Å². The molecule has 5 rings (SSSR count). The number of rotatable bonds is 8. The van der Waals surface area contributed by atoms with Crippen molar-refractivity contribution in [2.45, 2.75) is 18.6 Å². The highest BCUT2D eigenvalue weighted by Gasteiger charge is 2.50. The van der Waals surface area contributed by atoms with E-state index in [0.29, 0.717) is 28.3 Å². The number of methoxy groups -OCH3 is 2. The van der Waals surface area contributed by atoms with E-state index in [4.69, 9.17) is 9.47 Å². The highest BCUT2D eigenvalue weighted by atomic mass is 16.5. The zero-order chi connectivity index (χ0) is 25.3. The molecule has 7 nitrogen and oxygen atoms in total. The lowest BCUT2D eigenvalue weighted by Gasteiger charge is -2.23. The lowest BCUT2D eigenvalue weighted by atomic mass is 9.88. The van der Waals surface area contributed by atoms with E-state index in [0.717, 1.165) is 11.3 Å². The maximum Gasteiger partial charge on any atom is 0.264 e. The summed E-state index contributed by atoms with van der Waals surface area (Å²) >= 11 is 0. The smallest absolute Gasteiger partial charge is 0.264 e. The number of para-hydroxylation sites is 1. The van der Waals surface area contributed by atoms with Gasteiger partial charge in [-0.1, -0.05) is 36.4 Å². The number of benzene rings is 3. The quantitative estimate of drug-likeness (QED) is 0.374. The summed E-state index contributed by atoms with van der Waals surface area (Å²) in [5.74, 6) is 0.276. The summed E-state index contributed by atoms with van der Waals surface area (Å²) in [5.41, 5.74) is 1.09. The van der Waals surface area contributed by atoms with Gasteiger partial charge in [0.25, 0.3) is 5.91 Å². The Balaban J connectivity index is 1.44. The SMILES string of the molecule is COc1ccc(CN2C(=O)[C@](O)(CC(=O)c3cccc(-n4cccc4)c3)c3ccccc32)cc1OC. The molecule has 0 spiro atoms. The van der Waals surface area contributed by atoms with Gasteiger partial charge in [-0.3, -0.25) is 9.59 Å². The van der Waals surface area contributed by atoms with Crippen molar-refractivity contribution in [3.05, 3.63) is 108 Å². The minimum atomic E-state index is -1.96. The van der Waals surface area contributed by atoms with Gasteiger partial charge in [-0.25, -0.2) is 0 Å². The van der Waals surface area contributed by atoms with Crippen molar-refractivity contribution in [1.82, 2.24) is 4.57 Å². The molecule has 0 fully saturated rings. The van der Waals surface area contributed by atoms with Crippen LogP contribution in [-0.2, 0) is 16.9 Å². The predicted octanol–water partition coefficient (Wildman–Crippen LogP) is 4.50. The van der Waals surface area contributed by atoms with Gasteiger partial charge in [-0.2, -0.15) is 0 Å². The zero-order valence-electron chi connectivity index (χ0n) is 20.0. The second kappa shape index (κ2) is 9.36. The molecule has 1 aliphatic rings. The van der Waals surface area contributed by atoms with Gasteiger partial charge in [0.05, 0.1) is 32.9 Å². The fraction of sp³-hybridized carbons (Fsp3) is 0.172. The van der Waals surface area contributed by atoms with Crippen molar-refractivity contribution in [2.75, 3.05) is 19.1 Å². The van der Waals surface area contributed by atoms with Gasteiger partial charge in [0.15, 0.2) is 22.9 Å². The molecule has 1 amide bonds. The Morgan fingerprint density at radius 2 is 1.64 bits per heavy atom. The Hall–Kier alpha value is -4.36. The van der Waals surface area contributed by atoms with Crippen LogP contribution in [0.25, 0.3) is 5.69 Å². The lowest BCUT2D eigenvalue weighted by Crippen LogP contribution is -2.41. The number of nitrogens with zero attached hydrogens (tertiary/aromatic N) is 2. The number of hydrogen-bond acceptors (Lipinski definition) is 5. The largest absolute Gasteiger partial charge is 0.493 e. The molecule has 1 atom stereocenters. The molecule has 36 heavy (non-hydrogen) atoms. The van der Waals surface area contributed by atoms with E-state index >= 15 is 0 Å². The maximum atomic E-state index is 13.7. The monoisotopic (exact) mass is 482 g/mol. The van der Waals surface area contributed by atoms with Crippen molar-refractivity contribution < 1.29 is 24.2 Å². The minimum Gasteiger partial charge on any atom is -0.493 e. The third-order valence-corrected chi connectivity index (χ3v) is 6.52. The van der Waals surface area contributed by atoms with Gasteiger partial charge < -0.3 is 24.0 Å². The van der Waals surface area contributed by atoms with Crippen LogP contribution in [0, 0.1) is 0 Å². The molecular weight excluding hydrogens is 456 g/mol. The summed E-state index contributed by atoms with van der Waals surface area (Å²) in [7, 11) is 3.11. The number of Topliss-reactive ketones (excluding diaryl/α,β-unsaturated/α-hetero) is 1. The second-order valence-corrected chi connectivity index (χ2v) is 8.70. The van der Waals surface area contributed by atoms with E-state index in [1.54, 1.807) is 62.8 Å². The van der Waals surface area contributed by atoms with Gasteiger partial charge in [0.1, 0.15) is 0 Å². The molecule has 1 aliphatic heterocycles. The van der Waals surface area contributed by atoms with Crippen molar-refractivity contribution in [1.29, 1.82) is 0 Å². The number of aliphatic hydroxyl groups is 1. The number of carbonyl (C=O) groups is 2. The maximum absolute atomic E-state index is 13.7. The summed E-state index contributed by atoms with van der Waals surface area (Å²) in [6, 6.07) is 23.4. The van der Waals surface area contributed by atoms with Crippen molar-refractivity contribution in [2.24, 2.45) is 0 Å². The van der Waals surface area contributed by atoms with Crippen LogP contribution < -0.4 is 14.4 Å². The highest BCUT2D eigenvalue weighted by Crippen LogP contribution is 2.44. The van der Waals surface area contributed by atoms with Gasteiger partial charge in [0, 0.05) is 29.2 Å². The Labute approximate surface area is 209 Å². The summed E-state index contributed by atoms with van der Waals surface area (Å²) in [5, 5.41) is 11.7. The van der Waals surface area contributed by atoms with Crippen LogP contribution in [0.5, 0.6) is 11.5 Å². The van der Waals surface area contributed by atoms with Crippen molar-refractivity contribution >= 4 is 17.4 Å². The number of carbonyl (C=O) groups excluding carboxylic acids is 2. The predicted molar refractivity (Wildman–Crippen MR) is 136 cm³/mol. The number of aromatic nitrogens is 1. The van der Waals surface area contributed by atoms with E-state index in [1.165, 1.54) is 4.90 Å². The first-order chi connectivity index (χ1) is 17.4. The lowest BCUT2D eigenvalue weighted by molar-refractivity contribution is -0.136. The molecule has 1 N–H and O–H groups in total. The third kappa shape index (κ3) is 4.03. The molecule has 1 aromatic heterocycles. The van der Waals surface area contributed by atoms with E-state index in [-0.39, 0.29) is 18.7 Å². The molecule has 7 heteroatoms. The van der Waals surface area contributed by atoms with Gasteiger partial charge >= 0.3 is 0 Å². The topological polar surface area (TPSA) is 81.0 Å². The molecule has 3 aromatic carbocycles. The van der Waals surface area contributed by atoms with Gasteiger partial charge in [0.2, 0.25) is 0 Å². The normalized spacial score (nSPS) is 16.6. The number of fused-ring (bicyclic) bond motifs is 1. The first-order valence-corrected chi connectivity index (χ1v) is 11.6. The molecule has 0 saturated carbocycles. The average molecular weight is 483 g/mol. The Bertz CT molecular complexity index is 1430. The molecule has 4 aromatic rings. The Kier molecular flexibility index (Phi) is 6.08. The Morgan fingerprint density at radius 3 is 2.39 bits per heavy atom. The highest BCUT2D eigenvalue weighted by molar-refractivity contribution is 6.10. The van der Waals surface area contributed by atoms with Gasteiger partial charge in [-0.05, 0) is 48.0 Å². The summed E-state index contributed by atoms with van der Waals surface area (Å²) < 4.78 is 12.6. The van der Waals surface area contributed by atoms with E-state index < -0.39 is 11.5 Å². The third-order valence-electron chi connectivity index (χ3n) is 6.52. The summed E-state index contributed by atoms with van der Waals surface area (Å²) in [6.45, 7) is 0.204. The number of ketones is 1. The second-order valence-electron chi connectivity index (χ2n) is 8.70. The van der Waals surface area contributed by atoms with E-state index in [1.807, 2.05) is 47.3 Å². The van der Waals surface area contributed by atoms with Crippen LogP contribution in [-0.4, -0.2) is 35.6 Å². The summed E-state index contributed by atoms with van der Waals surface area (Å²) in [4.78, 5) is 28.5. The first-order valence-electron chi connectivity index (χ1n) is 11.6. The summed E-state index contributed by atoms with van der Waals surface area (Å²) in [6.07, 6.45) is 3.42. The molecule has 0 radical (unpaired) electrons. The van der Waals surface area contributed by atoms with Crippen molar-refractivity contribution in [3.63, 3.8) is 0 Å².